The Hall–Kier alpha value is -2.90. The quantitative estimate of drug-likeness (QED) is 0.655. The van der Waals surface area contributed by atoms with E-state index in [0.717, 1.165) is 0 Å². The monoisotopic (exact) mass is 404 g/mol. The van der Waals surface area contributed by atoms with Crippen molar-refractivity contribution < 1.29 is 17.6 Å². The highest BCUT2D eigenvalue weighted by molar-refractivity contribution is 7.92. The van der Waals surface area contributed by atoms with Gasteiger partial charge in [-0.1, -0.05) is 17.7 Å². The fourth-order valence-electron chi connectivity index (χ4n) is 2.29. The standard InChI is InChI=1S/C19H14ClFN2O3S/c20-14-4-10-18(11-5-14)27(25,26)23-17-3-1-2-13(12-17)19(24)22-16-8-6-15(21)7-9-16/h1-12,23H,(H,22,24). The van der Waals surface area contributed by atoms with E-state index in [-0.39, 0.29) is 16.1 Å². The molecular formula is C19H14ClFN2O3S. The van der Waals surface area contributed by atoms with E-state index in [1.807, 2.05) is 0 Å². The molecule has 0 radical (unpaired) electrons. The summed E-state index contributed by atoms with van der Waals surface area (Å²) in [6, 6.07) is 17.1. The number of anilines is 2. The minimum atomic E-state index is -3.82. The second kappa shape index (κ2) is 7.77. The maximum Gasteiger partial charge on any atom is 0.261 e. The summed E-state index contributed by atoms with van der Waals surface area (Å²) in [6.45, 7) is 0. The van der Waals surface area contributed by atoms with Gasteiger partial charge in [0.1, 0.15) is 5.82 Å². The predicted molar refractivity (Wildman–Crippen MR) is 103 cm³/mol. The molecule has 0 aliphatic rings. The molecule has 27 heavy (non-hydrogen) atoms. The summed E-state index contributed by atoms with van der Waals surface area (Å²) in [5.74, 6) is -0.860. The van der Waals surface area contributed by atoms with E-state index in [0.29, 0.717) is 10.7 Å². The largest absolute Gasteiger partial charge is 0.322 e. The van der Waals surface area contributed by atoms with E-state index >= 15 is 0 Å². The molecule has 3 rings (SSSR count). The summed E-state index contributed by atoms with van der Waals surface area (Å²) in [7, 11) is -3.82. The number of amides is 1. The summed E-state index contributed by atoms with van der Waals surface area (Å²) in [6.07, 6.45) is 0. The number of rotatable bonds is 5. The molecule has 0 aliphatic carbocycles. The van der Waals surface area contributed by atoms with Crippen LogP contribution in [0.1, 0.15) is 10.4 Å². The van der Waals surface area contributed by atoms with Gasteiger partial charge in [0.05, 0.1) is 4.90 Å². The van der Waals surface area contributed by atoms with Gasteiger partial charge in [0.2, 0.25) is 0 Å². The lowest BCUT2D eigenvalue weighted by atomic mass is 10.2. The molecule has 0 bridgehead atoms. The average molecular weight is 405 g/mol. The van der Waals surface area contributed by atoms with Crippen LogP contribution >= 0.6 is 11.6 Å². The molecule has 3 aromatic rings. The number of halogens is 2. The van der Waals surface area contributed by atoms with Crippen LogP contribution in [0.25, 0.3) is 0 Å². The number of carbonyl (C=O) groups is 1. The predicted octanol–water partition coefficient (Wildman–Crippen LogP) is 4.53. The van der Waals surface area contributed by atoms with Gasteiger partial charge in [0.25, 0.3) is 15.9 Å². The van der Waals surface area contributed by atoms with E-state index in [1.54, 1.807) is 12.1 Å². The fraction of sp³-hybridized carbons (Fsp3) is 0. The molecule has 0 atom stereocenters. The van der Waals surface area contributed by atoms with Gasteiger partial charge < -0.3 is 5.32 Å². The Morgan fingerprint density at radius 1 is 0.889 bits per heavy atom. The third kappa shape index (κ3) is 4.84. The fourth-order valence-corrected chi connectivity index (χ4v) is 3.46. The van der Waals surface area contributed by atoms with Crippen LogP contribution in [-0.2, 0) is 10.0 Å². The minimum absolute atomic E-state index is 0.0491. The first-order valence-electron chi connectivity index (χ1n) is 7.79. The second-order valence-corrected chi connectivity index (χ2v) is 7.72. The lowest BCUT2D eigenvalue weighted by Crippen LogP contribution is -2.15. The number of sulfonamides is 1. The van der Waals surface area contributed by atoms with Gasteiger partial charge >= 0.3 is 0 Å². The van der Waals surface area contributed by atoms with Crippen LogP contribution in [0.3, 0.4) is 0 Å². The Bertz CT molecular complexity index is 1070. The Morgan fingerprint density at radius 2 is 1.56 bits per heavy atom. The molecular weight excluding hydrogens is 391 g/mol. The zero-order valence-electron chi connectivity index (χ0n) is 13.8. The average Bonchev–Trinajstić information content (AvgIpc) is 2.64. The molecule has 5 nitrogen and oxygen atoms in total. The van der Waals surface area contributed by atoms with E-state index < -0.39 is 21.7 Å². The number of hydrogen-bond donors (Lipinski definition) is 2. The molecule has 0 aliphatic heterocycles. The molecule has 8 heteroatoms. The first-order valence-corrected chi connectivity index (χ1v) is 9.65. The van der Waals surface area contributed by atoms with E-state index in [9.17, 15) is 17.6 Å². The highest BCUT2D eigenvalue weighted by Gasteiger charge is 2.15. The maximum atomic E-state index is 12.9. The van der Waals surface area contributed by atoms with Crippen molar-refractivity contribution in [1.29, 1.82) is 0 Å². The Kier molecular flexibility index (Phi) is 5.43. The molecule has 0 heterocycles. The molecule has 3 aromatic carbocycles. The number of benzene rings is 3. The molecule has 0 saturated heterocycles. The van der Waals surface area contributed by atoms with Gasteiger partial charge in [-0.3, -0.25) is 9.52 Å². The molecule has 1 amide bonds. The summed E-state index contributed by atoms with van der Waals surface area (Å²) in [4.78, 5) is 12.4. The number of carbonyl (C=O) groups excluding carboxylic acids is 1. The van der Waals surface area contributed by atoms with E-state index in [4.69, 9.17) is 11.6 Å². The Labute approximate surface area is 160 Å². The van der Waals surface area contributed by atoms with Crippen molar-refractivity contribution in [3.05, 3.63) is 89.2 Å². The van der Waals surface area contributed by atoms with Crippen LogP contribution in [0.4, 0.5) is 15.8 Å². The van der Waals surface area contributed by atoms with Crippen LogP contribution in [-0.4, -0.2) is 14.3 Å². The van der Waals surface area contributed by atoms with E-state index in [1.165, 1.54) is 60.7 Å². The summed E-state index contributed by atoms with van der Waals surface area (Å²) < 4.78 is 40.2. The molecule has 2 N–H and O–H groups in total. The first kappa shape index (κ1) is 18.9. The van der Waals surface area contributed by atoms with Gasteiger partial charge in [-0.15, -0.1) is 0 Å². The number of hydrogen-bond acceptors (Lipinski definition) is 3. The molecule has 0 spiro atoms. The van der Waals surface area contributed by atoms with Crippen molar-refractivity contribution in [3.8, 4) is 0 Å². The first-order chi connectivity index (χ1) is 12.8. The summed E-state index contributed by atoms with van der Waals surface area (Å²) in [5.41, 5.74) is 0.904. The van der Waals surface area contributed by atoms with Crippen molar-refractivity contribution in [2.45, 2.75) is 4.90 Å². The van der Waals surface area contributed by atoms with Gasteiger partial charge in [-0.2, -0.15) is 0 Å². The maximum absolute atomic E-state index is 12.9. The van der Waals surface area contributed by atoms with Crippen molar-refractivity contribution in [1.82, 2.24) is 0 Å². The molecule has 138 valence electrons. The van der Waals surface area contributed by atoms with Gasteiger partial charge in [0.15, 0.2) is 0 Å². The van der Waals surface area contributed by atoms with Gasteiger partial charge in [-0.25, -0.2) is 12.8 Å². The normalized spacial score (nSPS) is 11.0. The van der Waals surface area contributed by atoms with E-state index in [2.05, 4.69) is 10.0 Å². The topological polar surface area (TPSA) is 75.3 Å². The summed E-state index contributed by atoms with van der Waals surface area (Å²) in [5, 5.41) is 3.04. The highest BCUT2D eigenvalue weighted by Crippen LogP contribution is 2.20. The van der Waals surface area contributed by atoms with Crippen molar-refractivity contribution in [2.24, 2.45) is 0 Å². The van der Waals surface area contributed by atoms with Gasteiger partial charge in [0, 0.05) is 22.0 Å². The van der Waals surface area contributed by atoms with Crippen LogP contribution in [0.5, 0.6) is 0 Å². The van der Waals surface area contributed by atoms with Crippen LogP contribution in [0.2, 0.25) is 5.02 Å². The van der Waals surface area contributed by atoms with Crippen LogP contribution in [0.15, 0.2) is 77.7 Å². The Balaban J connectivity index is 1.77. The van der Waals surface area contributed by atoms with Crippen LogP contribution < -0.4 is 10.0 Å². The third-order valence-corrected chi connectivity index (χ3v) is 5.25. The zero-order chi connectivity index (χ0) is 19.4. The Morgan fingerprint density at radius 3 is 2.22 bits per heavy atom. The highest BCUT2D eigenvalue weighted by atomic mass is 35.5. The lowest BCUT2D eigenvalue weighted by molar-refractivity contribution is 0.102. The van der Waals surface area contributed by atoms with Crippen molar-refractivity contribution >= 4 is 38.9 Å². The second-order valence-electron chi connectivity index (χ2n) is 5.60. The third-order valence-electron chi connectivity index (χ3n) is 3.60. The molecule has 0 aromatic heterocycles. The zero-order valence-corrected chi connectivity index (χ0v) is 15.4. The molecule has 0 unspecified atom stereocenters. The molecule has 0 saturated carbocycles. The molecule has 0 fully saturated rings. The van der Waals surface area contributed by atoms with Crippen molar-refractivity contribution in [2.75, 3.05) is 10.0 Å². The smallest absolute Gasteiger partial charge is 0.261 e. The van der Waals surface area contributed by atoms with Crippen LogP contribution in [0, 0.1) is 5.82 Å². The van der Waals surface area contributed by atoms with Crippen molar-refractivity contribution in [3.63, 3.8) is 0 Å². The summed E-state index contributed by atoms with van der Waals surface area (Å²) >= 11 is 5.77. The number of nitrogens with one attached hydrogen (secondary N) is 2. The minimum Gasteiger partial charge on any atom is -0.322 e. The lowest BCUT2D eigenvalue weighted by Gasteiger charge is -2.10. The SMILES string of the molecule is O=C(Nc1ccc(F)cc1)c1cccc(NS(=O)(=O)c2ccc(Cl)cc2)c1. The van der Waals surface area contributed by atoms with Gasteiger partial charge in [-0.05, 0) is 66.7 Å².